The Hall–Kier alpha value is -2.03. The third-order valence-electron chi connectivity index (χ3n) is 3.27. The molecule has 0 saturated heterocycles. The number of methoxy groups -OCH3 is 1. The highest BCUT2D eigenvalue weighted by Gasteiger charge is 2.11. The molecule has 0 aliphatic rings. The van der Waals surface area contributed by atoms with Crippen LogP contribution in [0.25, 0.3) is 0 Å². The van der Waals surface area contributed by atoms with E-state index in [1.165, 1.54) is 18.1 Å². The van der Waals surface area contributed by atoms with Crippen LogP contribution in [0.5, 0.6) is 5.75 Å². The average molecular weight is 258 g/mol. The van der Waals surface area contributed by atoms with Gasteiger partial charge in [0.1, 0.15) is 11.5 Å². The van der Waals surface area contributed by atoms with E-state index in [4.69, 9.17) is 9.15 Å². The number of ketones is 1. The Morgan fingerprint density at radius 2 is 1.89 bits per heavy atom. The Kier molecular flexibility index (Phi) is 3.74. The summed E-state index contributed by atoms with van der Waals surface area (Å²) in [6, 6.07) is 7.68. The summed E-state index contributed by atoms with van der Waals surface area (Å²) in [4.78, 5) is 11.2. The molecule has 0 aliphatic heterocycles. The van der Waals surface area contributed by atoms with Crippen molar-refractivity contribution in [3.63, 3.8) is 0 Å². The molecule has 3 nitrogen and oxygen atoms in total. The Morgan fingerprint density at radius 3 is 2.47 bits per heavy atom. The van der Waals surface area contributed by atoms with Crippen LogP contribution in [-0.2, 0) is 6.42 Å². The van der Waals surface area contributed by atoms with E-state index in [-0.39, 0.29) is 5.78 Å². The predicted octanol–water partition coefficient (Wildman–Crippen LogP) is 3.70. The van der Waals surface area contributed by atoms with Crippen LogP contribution in [0.15, 0.2) is 28.7 Å². The standard InChI is InChI=1S/C16H18O3/c1-10-7-13(16(18-4)8-11(10)2)9-14-5-6-15(19-14)12(3)17/h5-8H,9H2,1-4H3. The first-order valence-electron chi connectivity index (χ1n) is 6.25. The molecular weight excluding hydrogens is 240 g/mol. The first-order chi connectivity index (χ1) is 9.01. The van der Waals surface area contributed by atoms with Gasteiger partial charge in [-0.1, -0.05) is 6.07 Å². The minimum atomic E-state index is -0.0571. The molecule has 0 N–H and O–H groups in total. The molecule has 0 radical (unpaired) electrons. The number of furan rings is 1. The maximum atomic E-state index is 11.2. The highest BCUT2D eigenvalue weighted by atomic mass is 16.5. The third-order valence-corrected chi connectivity index (χ3v) is 3.27. The average Bonchev–Trinajstić information content (AvgIpc) is 2.82. The van der Waals surface area contributed by atoms with Crippen molar-refractivity contribution in [2.75, 3.05) is 7.11 Å². The van der Waals surface area contributed by atoms with E-state index in [2.05, 4.69) is 19.9 Å². The van der Waals surface area contributed by atoms with E-state index >= 15 is 0 Å². The zero-order valence-electron chi connectivity index (χ0n) is 11.7. The van der Waals surface area contributed by atoms with Crippen LogP contribution in [0.2, 0.25) is 0 Å². The molecule has 0 aliphatic carbocycles. The van der Waals surface area contributed by atoms with E-state index in [0.29, 0.717) is 12.2 Å². The quantitative estimate of drug-likeness (QED) is 0.785. The molecular formula is C16H18O3. The number of carbonyl (C=O) groups excluding carboxylic acids is 1. The molecule has 1 aromatic heterocycles. The maximum Gasteiger partial charge on any atom is 0.194 e. The molecule has 2 rings (SSSR count). The van der Waals surface area contributed by atoms with Crippen LogP contribution in [-0.4, -0.2) is 12.9 Å². The van der Waals surface area contributed by atoms with Crippen molar-refractivity contribution in [3.8, 4) is 5.75 Å². The summed E-state index contributed by atoms with van der Waals surface area (Å²) in [5.41, 5.74) is 3.48. The van der Waals surface area contributed by atoms with E-state index in [1.54, 1.807) is 13.2 Å². The number of aryl methyl sites for hydroxylation is 2. The molecule has 0 fully saturated rings. The molecule has 100 valence electrons. The molecule has 0 unspecified atom stereocenters. The van der Waals surface area contributed by atoms with Crippen LogP contribution in [0.1, 0.15) is 39.9 Å². The van der Waals surface area contributed by atoms with Gasteiger partial charge in [0.15, 0.2) is 11.5 Å². The van der Waals surface area contributed by atoms with E-state index in [0.717, 1.165) is 17.1 Å². The van der Waals surface area contributed by atoms with Gasteiger partial charge in [-0.3, -0.25) is 4.79 Å². The van der Waals surface area contributed by atoms with Crippen molar-refractivity contribution in [3.05, 3.63) is 52.5 Å². The van der Waals surface area contributed by atoms with Crippen molar-refractivity contribution in [1.29, 1.82) is 0 Å². The van der Waals surface area contributed by atoms with Gasteiger partial charge in [0.2, 0.25) is 0 Å². The molecule has 2 aromatic rings. The summed E-state index contributed by atoms with van der Waals surface area (Å²) in [5.74, 6) is 1.96. The Bertz CT molecular complexity index is 608. The molecule has 1 aromatic carbocycles. The minimum Gasteiger partial charge on any atom is -0.496 e. The van der Waals surface area contributed by atoms with Crippen molar-refractivity contribution < 1.29 is 13.9 Å². The summed E-state index contributed by atoms with van der Waals surface area (Å²) in [7, 11) is 1.66. The van der Waals surface area contributed by atoms with Gasteiger partial charge in [0.25, 0.3) is 0 Å². The first-order valence-corrected chi connectivity index (χ1v) is 6.25. The van der Waals surface area contributed by atoms with Crippen molar-refractivity contribution >= 4 is 5.78 Å². The Morgan fingerprint density at radius 1 is 1.21 bits per heavy atom. The molecule has 1 heterocycles. The summed E-state index contributed by atoms with van der Waals surface area (Å²) in [6.45, 7) is 5.63. The van der Waals surface area contributed by atoms with Crippen LogP contribution in [0.4, 0.5) is 0 Å². The van der Waals surface area contributed by atoms with Gasteiger partial charge >= 0.3 is 0 Å². The lowest BCUT2D eigenvalue weighted by molar-refractivity contribution is 0.0985. The smallest absolute Gasteiger partial charge is 0.194 e. The van der Waals surface area contributed by atoms with Gasteiger partial charge in [-0.15, -0.1) is 0 Å². The lowest BCUT2D eigenvalue weighted by Crippen LogP contribution is -1.96. The van der Waals surface area contributed by atoms with Crippen LogP contribution in [0, 0.1) is 13.8 Å². The minimum absolute atomic E-state index is 0.0571. The predicted molar refractivity (Wildman–Crippen MR) is 74.0 cm³/mol. The fraction of sp³-hybridized carbons (Fsp3) is 0.312. The third kappa shape index (κ3) is 2.87. The number of rotatable bonds is 4. The number of ether oxygens (including phenoxy) is 1. The van der Waals surface area contributed by atoms with Crippen molar-refractivity contribution in [2.45, 2.75) is 27.2 Å². The fourth-order valence-corrected chi connectivity index (χ4v) is 2.03. The lowest BCUT2D eigenvalue weighted by atomic mass is 10.0. The summed E-state index contributed by atoms with van der Waals surface area (Å²) in [5, 5.41) is 0. The fourth-order valence-electron chi connectivity index (χ4n) is 2.03. The molecule has 0 spiro atoms. The number of hydrogen-bond donors (Lipinski definition) is 0. The largest absolute Gasteiger partial charge is 0.496 e. The van der Waals surface area contributed by atoms with Crippen LogP contribution < -0.4 is 4.74 Å². The summed E-state index contributed by atoms with van der Waals surface area (Å²) >= 11 is 0. The normalized spacial score (nSPS) is 10.5. The van der Waals surface area contributed by atoms with Gasteiger partial charge in [-0.05, 0) is 43.2 Å². The monoisotopic (exact) mass is 258 g/mol. The van der Waals surface area contributed by atoms with E-state index in [9.17, 15) is 4.79 Å². The van der Waals surface area contributed by atoms with Gasteiger partial charge in [0, 0.05) is 18.9 Å². The number of hydrogen-bond acceptors (Lipinski definition) is 3. The van der Waals surface area contributed by atoms with Crippen molar-refractivity contribution in [2.24, 2.45) is 0 Å². The molecule has 3 heteroatoms. The second-order valence-corrected chi connectivity index (χ2v) is 4.75. The van der Waals surface area contributed by atoms with Gasteiger partial charge < -0.3 is 9.15 Å². The zero-order chi connectivity index (χ0) is 14.0. The Labute approximate surface area is 113 Å². The summed E-state index contributed by atoms with van der Waals surface area (Å²) < 4.78 is 10.9. The second-order valence-electron chi connectivity index (χ2n) is 4.75. The number of benzene rings is 1. The molecule has 0 bridgehead atoms. The maximum absolute atomic E-state index is 11.2. The van der Waals surface area contributed by atoms with Crippen LogP contribution >= 0.6 is 0 Å². The highest BCUT2D eigenvalue weighted by molar-refractivity contribution is 5.91. The zero-order valence-corrected chi connectivity index (χ0v) is 11.7. The molecule has 0 amide bonds. The number of carbonyl (C=O) groups is 1. The van der Waals surface area contributed by atoms with Crippen LogP contribution in [0.3, 0.4) is 0 Å². The number of Topliss-reactive ketones (excluding diaryl/α,β-unsaturated/α-hetero) is 1. The van der Waals surface area contributed by atoms with E-state index in [1.807, 2.05) is 12.1 Å². The van der Waals surface area contributed by atoms with Gasteiger partial charge in [-0.25, -0.2) is 0 Å². The van der Waals surface area contributed by atoms with Gasteiger partial charge in [0.05, 0.1) is 7.11 Å². The highest BCUT2D eigenvalue weighted by Crippen LogP contribution is 2.26. The van der Waals surface area contributed by atoms with E-state index < -0.39 is 0 Å². The SMILES string of the molecule is COc1cc(C)c(C)cc1Cc1ccc(C(C)=O)o1. The Balaban J connectivity index is 2.31. The van der Waals surface area contributed by atoms with Crippen molar-refractivity contribution in [1.82, 2.24) is 0 Å². The van der Waals surface area contributed by atoms with Gasteiger partial charge in [-0.2, -0.15) is 0 Å². The molecule has 19 heavy (non-hydrogen) atoms. The molecule has 0 atom stereocenters. The first kappa shape index (κ1) is 13.4. The summed E-state index contributed by atoms with van der Waals surface area (Å²) in [6.07, 6.45) is 0.623. The second kappa shape index (κ2) is 5.31. The topological polar surface area (TPSA) is 39.4 Å². The lowest BCUT2D eigenvalue weighted by Gasteiger charge is -2.10. The molecule has 0 saturated carbocycles.